The van der Waals surface area contributed by atoms with E-state index < -0.39 is 16.4 Å². The van der Waals surface area contributed by atoms with Gasteiger partial charge >= 0.3 is 5.69 Å². The number of benzene rings is 1. The summed E-state index contributed by atoms with van der Waals surface area (Å²) in [7, 11) is 1.63. The Morgan fingerprint density at radius 3 is 2.67 bits per heavy atom. The first-order valence-corrected chi connectivity index (χ1v) is 6.88. The van der Waals surface area contributed by atoms with Gasteiger partial charge in [-0.1, -0.05) is 6.07 Å². The predicted octanol–water partition coefficient (Wildman–Crippen LogP) is 1.69. The van der Waals surface area contributed by atoms with Crippen LogP contribution in [-0.2, 0) is 11.3 Å². The number of carbonyl (C=O) groups excluding carboxylic acids is 1. The molecule has 1 fully saturated rings. The fourth-order valence-electron chi connectivity index (χ4n) is 2.61. The molecular formula is C14H18FN3O3. The fraction of sp³-hybridized carbons (Fsp3) is 0.500. The molecule has 0 radical (unpaired) electrons. The van der Waals surface area contributed by atoms with Gasteiger partial charge in [0.05, 0.1) is 4.92 Å². The van der Waals surface area contributed by atoms with Crippen LogP contribution in [0.4, 0.5) is 10.1 Å². The number of nitrogens with one attached hydrogen (secondary N) is 1. The Bertz CT molecular complexity index is 542. The maximum Gasteiger partial charge on any atom is 0.304 e. The minimum absolute atomic E-state index is 0.0415. The normalized spacial score (nSPS) is 16.7. The van der Waals surface area contributed by atoms with E-state index >= 15 is 0 Å². The van der Waals surface area contributed by atoms with Crippen molar-refractivity contribution in [1.82, 2.24) is 10.2 Å². The van der Waals surface area contributed by atoms with Gasteiger partial charge in [-0.05, 0) is 37.6 Å². The number of halogens is 1. The van der Waals surface area contributed by atoms with Crippen molar-refractivity contribution in [3.05, 3.63) is 39.7 Å². The number of hydrogen-bond donors (Lipinski definition) is 1. The van der Waals surface area contributed by atoms with E-state index in [4.69, 9.17) is 0 Å². The summed E-state index contributed by atoms with van der Waals surface area (Å²) < 4.78 is 13.6. The molecule has 0 spiro atoms. The van der Waals surface area contributed by atoms with Crippen LogP contribution in [0.25, 0.3) is 0 Å². The van der Waals surface area contributed by atoms with Crippen molar-refractivity contribution >= 4 is 11.6 Å². The third-order valence-electron chi connectivity index (χ3n) is 3.82. The van der Waals surface area contributed by atoms with Crippen molar-refractivity contribution in [3.8, 4) is 0 Å². The molecule has 2 rings (SSSR count). The van der Waals surface area contributed by atoms with Gasteiger partial charge in [-0.25, -0.2) is 0 Å². The molecule has 0 atom stereocenters. The Balaban J connectivity index is 1.93. The molecule has 0 aliphatic carbocycles. The van der Waals surface area contributed by atoms with Crippen molar-refractivity contribution in [3.63, 3.8) is 0 Å². The van der Waals surface area contributed by atoms with Crippen molar-refractivity contribution in [2.24, 2.45) is 5.92 Å². The number of nitrogens with zero attached hydrogens (tertiary/aromatic N) is 2. The van der Waals surface area contributed by atoms with E-state index in [1.807, 2.05) is 0 Å². The Hall–Kier alpha value is -2.02. The van der Waals surface area contributed by atoms with Gasteiger partial charge in [-0.15, -0.1) is 0 Å². The summed E-state index contributed by atoms with van der Waals surface area (Å²) in [5.74, 6) is -0.700. The third kappa shape index (κ3) is 3.75. The molecule has 114 valence electrons. The van der Waals surface area contributed by atoms with E-state index in [0.717, 1.165) is 25.9 Å². The summed E-state index contributed by atoms with van der Waals surface area (Å²) in [5, 5.41) is 13.2. The zero-order chi connectivity index (χ0) is 15.4. The zero-order valence-corrected chi connectivity index (χ0v) is 11.8. The fourth-order valence-corrected chi connectivity index (χ4v) is 2.61. The van der Waals surface area contributed by atoms with E-state index in [0.29, 0.717) is 12.1 Å². The summed E-state index contributed by atoms with van der Waals surface area (Å²) in [6, 6.07) is 3.98. The first-order valence-electron chi connectivity index (χ1n) is 6.88. The Morgan fingerprint density at radius 1 is 1.48 bits per heavy atom. The zero-order valence-electron chi connectivity index (χ0n) is 11.8. The highest BCUT2D eigenvalue weighted by Gasteiger charge is 2.24. The highest BCUT2D eigenvalue weighted by Crippen LogP contribution is 2.22. The summed E-state index contributed by atoms with van der Waals surface area (Å²) in [6.07, 6.45) is 1.55. The number of likely N-dealkylation sites (tertiary alicyclic amines) is 1. The summed E-state index contributed by atoms with van der Waals surface area (Å²) in [4.78, 5) is 23.5. The van der Waals surface area contributed by atoms with Gasteiger partial charge in [0.1, 0.15) is 0 Å². The Kier molecular flexibility index (Phi) is 4.85. The molecule has 1 saturated heterocycles. The number of nitro benzene ring substituents is 1. The summed E-state index contributed by atoms with van der Waals surface area (Å²) in [5.41, 5.74) is 0.202. The smallest absolute Gasteiger partial charge is 0.304 e. The third-order valence-corrected chi connectivity index (χ3v) is 3.82. The molecule has 1 N–H and O–H groups in total. The van der Waals surface area contributed by atoms with Gasteiger partial charge in [-0.3, -0.25) is 19.8 Å². The maximum atomic E-state index is 13.6. The molecule has 7 heteroatoms. The average molecular weight is 295 g/mol. The first-order chi connectivity index (χ1) is 10.0. The lowest BCUT2D eigenvalue weighted by Crippen LogP contribution is -2.39. The highest BCUT2D eigenvalue weighted by atomic mass is 19.1. The Morgan fingerprint density at radius 2 is 2.14 bits per heavy atom. The number of hydrogen-bond acceptors (Lipinski definition) is 4. The predicted molar refractivity (Wildman–Crippen MR) is 75.1 cm³/mol. The van der Waals surface area contributed by atoms with E-state index in [1.165, 1.54) is 12.1 Å². The topological polar surface area (TPSA) is 75.5 Å². The lowest BCUT2D eigenvalue weighted by Gasteiger charge is -2.31. The monoisotopic (exact) mass is 295 g/mol. The molecule has 0 saturated carbocycles. The number of carbonyl (C=O) groups is 1. The lowest BCUT2D eigenvalue weighted by atomic mass is 9.95. The van der Waals surface area contributed by atoms with Crippen LogP contribution in [0.2, 0.25) is 0 Å². The number of piperidine rings is 1. The summed E-state index contributed by atoms with van der Waals surface area (Å²) in [6.45, 7) is 2.06. The first kappa shape index (κ1) is 15.4. The lowest BCUT2D eigenvalue weighted by molar-refractivity contribution is -0.387. The van der Waals surface area contributed by atoms with Crippen molar-refractivity contribution in [2.45, 2.75) is 19.4 Å². The summed E-state index contributed by atoms with van der Waals surface area (Å²) >= 11 is 0. The van der Waals surface area contributed by atoms with Gasteiger partial charge in [0.2, 0.25) is 11.7 Å². The SMILES string of the molecule is CNC(=O)C1CCN(Cc2ccc([N+](=O)[O-])c(F)c2)CC1. The molecule has 0 aromatic heterocycles. The molecule has 21 heavy (non-hydrogen) atoms. The minimum Gasteiger partial charge on any atom is -0.359 e. The minimum atomic E-state index is -0.808. The van der Waals surface area contributed by atoms with E-state index in [2.05, 4.69) is 10.2 Å². The molecule has 1 amide bonds. The van der Waals surface area contributed by atoms with Gasteiger partial charge in [0, 0.05) is 25.6 Å². The molecule has 1 aromatic carbocycles. The van der Waals surface area contributed by atoms with Crippen LogP contribution in [0, 0.1) is 21.8 Å². The largest absolute Gasteiger partial charge is 0.359 e. The van der Waals surface area contributed by atoms with Crippen LogP contribution in [0.15, 0.2) is 18.2 Å². The molecule has 6 nitrogen and oxygen atoms in total. The quantitative estimate of drug-likeness (QED) is 0.677. The van der Waals surface area contributed by atoms with Crippen LogP contribution >= 0.6 is 0 Å². The number of nitro groups is 1. The van der Waals surface area contributed by atoms with Gasteiger partial charge < -0.3 is 5.32 Å². The van der Waals surface area contributed by atoms with Gasteiger partial charge in [-0.2, -0.15) is 4.39 Å². The van der Waals surface area contributed by atoms with E-state index in [9.17, 15) is 19.3 Å². The Labute approximate surface area is 122 Å². The van der Waals surface area contributed by atoms with E-state index in [1.54, 1.807) is 13.1 Å². The van der Waals surface area contributed by atoms with Gasteiger partial charge in [0.25, 0.3) is 0 Å². The molecular weight excluding hydrogens is 277 g/mol. The molecule has 1 aromatic rings. The standard InChI is InChI=1S/C14H18FN3O3/c1-16-14(19)11-4-6-17(7-5-11)9-10-2-3-13(18(20)21)12(15)8-10/h2-3,8,11H,4-7,9H2,1H3,(H,16,19). The second-order valence-electron chi connectivity index (χ2n) is 5.21. The highest BCUT2D eigenvalue weighted by molar-refractivity contribution is 5.78. The molecule has 0 unspecified atom stereocenters. The van der Waals surface area contributed by atoms with Crippen LogP contribution in [-0.4, -0.2) is 35.9 Å². The molecule has 1 heterocycles. The van der Waals surface area contributed by atoms with Crippen molar-refractivity contribution in [2.75, 3.05) is 20.1 Å². The molecule has 1 aliphatic rings. The van der Waals surface area contributed by atoms with Gasteiger partial charge in [0.15, 0.2) is 0 Å². The second-order valence-corrected chi connectivity index (χ2v) is 5.21. The van der Waals surface area contributed by atoms with Crippen molar-refractivity contribution < 1.29 is 14.1 Å². The molecule has 1 aliphatic heterocycles. The second kappa shape index (κ2) is 6.62. The van der Waals surface area contributed by atoms with Crippen molar-refractivity contribution in [1.29, 1.82) is 0 Å². The number of rotatable bonds is 4. The van der Waals surface area contributed by atoms with Crippen LogP contribution in [0.3, 0.4) is 0 Å². The van der Waals surface area contributed by atoms with Crippen LogP contribution < -0.4 is 5.32 Å². The molecule has 0 bridgehead atoms. The number of amides is 1. The van der Waals surface area contributed by atoms with Crippen LogP contribution in [0.1, 0.15) is 18.4 Å². The van der Waals surface area contributed by atoms with E-state index in [-0.39, 0.29) is 11.8 Å². The average Bonchev–Trinajstić information content (AvgIpc) is 2.47. The van der Waals surface area contributed by atoms with Crippen LogP contribution in [0.5, 0.6) is 0 Å². The maximum absolute atomic E-state index is 13.6.